The first-order valence-corrected chi connectivity index (χ1v) is 7.90. The van der Waals surface area contributed by atoms with E-state index in [1.54, 1.807) is 0 Å². The summed E-state index contributed by atoms with van der Waals surface area (Å²) in [5, 5.41) is 10.6. The lowest BCUT2D eigenvalue weighted by Crippen LogP contribution is -2.28. The monoisotopic (exact) mass is 410 g/mol. The number of hydrogen-bond acceptors (Lipinski definition) is 4. The second-order valence-corrected chi connectivity index (χ2v) is 6.04. The molecule has 0 bridgehead atoms. The Hall–Kier alpha value is -2.86. The van der Waals surface area contributed by atoms with Gasteiger partial charge in [-0.1, -0.05) is 6.92 Å². The normalized spacial score (nSPS) is 13.9. The van der Waals surface area contributed by atoms with E-state index >= 15 is 0 Å². The van der Waals surface area contributed by atoms with E-state index in [0.717, 1.165) is 23.2 Å². The Morgan fingerprint density at radius 2 is 1.96 bits per heavy atom. The van der Waals surface area contributed by atoms with Crippen LogP contribution in [0.3, 0.4) is 0 Å². The lowest BCUT2D eigenvalue weighted by atomic mass is 10.2. The Morgan fingerprint density at radius 3 is 2.54 bits per heavy atom. The quantitative estimate of drug-likeness (QED) is 0.452. The summed E-state index contributed by atoms with van der Waals surface area (Å²) in [6, 6.07) is 2.15. The van der Waals surface area contributed by atoms with Crippen molar-refractivity contribution in [1.82, 2.24) is 25.0 Å². The van der Waals surface area contributed by atoms with Gasteiger partial charge in [-0.05, 0) is 19.1 Å². The van der Waals surface area contributed by atoms with Crippen LogP contribution < -0.4 is 5.43 Å². The third kappa shape index (κ3) is 6.09. The summed E-state index contributed by atoms with van der Waals surface area (Å²) in [4.78, 5) is 12.0. The largest absolute Gasteiger partial charge is 0.435 e. The molecule has 0 saturated carbocycles. The summed E-state index contributed by atoms with van der Waals surface area (Å²) >= 11 is 0. The summed E-state index contributed by atoms with van der Waals surface area (Å²) in [6.07, 6.45) is -6.83. The minimum Gasteiger partial charge on any atom is -0.273 e. The molecule has 0 aliphatic rings. The number of hydrogen-bond donors (Lipinski definition) is 1. The van der Waals surface area contributed by atoms with Crippen LogP contribution in [0.4, 0.5) is 26.3 Å². The maximum absolute atomic E-state index is 12.7. The number of halogens is 6. The molecule has 0 radical (unpaired) electrons. The average Bonchev–Trinajstić information content (AvgIpc) is 3.12. The maximum atomic E-state index is 12.7. The summed E-state index contributed by atoms with van der Waals surface area (Å²) in [7, 11) is 0. The van der Waals surface area contributed by atoms with Crippen LogP contribution in [0, 0.1) is 12.8 Å². The van der Waals surface area contributed by atoms with E-state index in [4.69, 9.17) is 0 Å². The van der Waals surface area contributed by atoms with E-state index in [9.17, 15) is 31.1 Å². The van der Waals surface area contributed by atoms with Crippen molar-refractivity contribution in [2.45, 2.75) is 39.3 Å². The minimum absolute atomic E-state index is 0.0925. The fraction of sp³-hybridized carbons (Fsp3) is 0.467. The van der Waals surface area contributed by atoms with Crippen LogP contribution in [0.25, 0.3) is 0 Å². The number of hydrazone groups is 1. The molecule has 0 aromatic carbocycles. The van der Waals surface area contributed by atoms with Crippen molar-refractivity contribution in [2.75, 3.05) is 0 Å². The molecule has 2 rings (SSSR count). The number of carbonyl (C=O) groups excluding carboxylic acids is 1. The number of rotatable bonds is 6. The molecule has 154 valence electrons. The van der Waals surface area contributed by atoms with Gasteiger partial charge in [-0.3, -0.25) is 14.2 Å². The van der Waals surface area contributed by atoms with E-state index in [1.165, 1.54) is 19.9 Å². The number of nitrogens with one attached hydrogen (secondary N) is 1. The molecule has 0 saturated heterocycles. The third-order valence-electron chi connectivity index (χ3n) is 3.54. The zero-order valence-corrected chi connectivity index (χ0v) is 14.7. The highest BCUT2D eigenvalue weighted by atomic mass is 19.4. The first-order chi connectivity index (χ1) is 12.8. The number of aryl methyl sites for hydroxylation is 1. The highest BCUT2D eigenvalue weighted by molar-refractivity contribution is 5.81. The average molecular weight is 410 g/mol. The molecule has 2 heterocycles. The van der Waals surface area contributed by atoms with Gasteiger partial charge in [0, 0.05) is 11.9 Å². The van der Waals surface area contributed by atoms with Crippen molar-refractivity contribution in [3.8, 4) is 0 Å². The summed E-state index contributed by atoms with van der Waals surface area (Å²) < 4.78 is 76.4. The molecule has 2 aromatic rings. The van der Waals surface area contributed by atoms with Crippen LogP contribution >= 0.6 is 0 Å². The van der Waals surface area contributed by atoms with Crippen molar-refractivity contribution < 1.29 is 31.1 Å². The summed E-state index contributed by atoms with van der Waals surface area (Å²) in [6.45, 7) is 1.54. The first kappa shape index (κ1) is 21.4. The van der Waals surface area contributed by atoms with Crippen molar-refractivity contribution in [1.29, 1.82) is 0 Å². The van der Waals surface area contributed by atoms with E-state index < -0.39 is 36.4 Å². The molecule has 1 unspecified atom stereocenters. The van der Waals surface area contributed by atoms with Crippen molar-refractivity contribution in [2.24, 2.45) is 11.0 Å². The van der Waals surface area contributed by atoms with E-state index in [1.807, 2.05) is 0 Å². The van der Waals surface area contributed by atoms with Crippen LogP contribution in [0.2, 0.25) is 0 Å². The molecule has 13 heteroatoms. The number of alkyl halides is 6. The van der Waals surface area contributed by atoms with Gasteiger partial charge >= 0.3 is 12.4 Å². The van der Waals surface area contributed by atoms with Crippen LogP contribution in [0.1, 0.15) is 24.0 Å². The molecular weight excluding hydrogens is 394 g/mol. The smallest absolute Gasteiger partial charge is 0.273 e. The van der Waals surface area contributed by atoms with Crippen LogP contribution in [0.15, 0.2) is 23.4 Å². The highest BCUT2D eigenvalue weighted by Crippen LogP contribution is 2.28. The molecular formula is C15H16F6N6O. The second-order valence-electron chi connectivity index (χ2n) is 6.04. The summed E-state index contributed by atoms with van der Waals surface area (Å²) in [5.41, 5.74) is 1.44. The fourth-order valence-corrected chi connectivity index (χ4v) is 2.17. The van der Waals surface area contributed by atoms with E-state index in [2.05, 4.69) is 20.7 Å². The molecule has 2 aromatic heterocycles. The molecule has 0 aliphatic heterocycles. The van der Waals surface area contributed by atoms with E-state index in [-0.39, 0.29) is 17.9 Å². The third-order valence-corrected chi connectivity index (χ3v) is 3.54. The van der Waals surface area contributed by atoms with E-state index in [0.29, 0.717) is 4.68 Å². The molecule has 7 nitrogen and oxygen atoms in total. The number of amides is 1. The van der Waals surface area contributed by atoms with Gasteiger partial charge in [-0.15, -0.1) is 0 Å². The SMILES string of the molecule is Cc1cc(C(F)(F)F)nn1CC(C)C(=O)N/N=C/c1ccn(CC(F)(F)F)n1. The second kappa shape index (κ2) is 8.02. The minimum atomic E-state index is -4.58. The topological polar surface area (TPSA) is 77.1 Å². The van der Waals surface area contributed by atoms with Crippen LogP contribution in [-0.2, 0) is 24.1 Å². The van der Waals surface area contributed by atoms with Gasteiger partial charge in [0.25, 0.3) is 0 Å². The van der Waals surface area contributed by atoms with Crippen LogP contribution in [0.5, 0.6) is 0 Å². The van der Waals surface area contributed by atoms with Gasteiger partial charge in [-0.2, -0.15) is 41.6 Å². The Labute approximate surface area is 155 Å². The highest BCUT2D eigenvalue weighted by Gasteiger charge is 2.34. The van der Waals surface area contributed by atoms with Gasteiger partial charge in [0.1, 0.15) is 12.2 Å². The molecule has 1 atom stereocenters. The van der Waals surface area contributed by atoms with Gasteiger partial charge in [0.15, 0.2) is 5.69 Å². The van der Waals surface area contributed by atoms with Gasteiger partial charge in [0.2, 0.25) is 5.91 Å². The zero-order valence-electron chi connectivity index (χ0n) is 14.7. The molecule has 0 spiro atoms. The first-order valence-electron chi connectivity index (χ1n) is 7.90. The van der Waals surface area contributed by atoms with Gasteiger partial charge in [-0.25, -0.2) is 5.43 Å². The van der Waals surface area contributed by atoms with Crippen molar-refractivity contribution in [3.63, 3.8) is 0 Å². The van der Waals surface area contributed by atoms with Crippen molar-refractivity contribution >= 4 is 12.1 Å². The molecule has 0 aliphatic carbocycles. The van der Waals surface area contributed by atoms with Crippen LogP contribution in [-0.4, -0.2) is 37.9 Å². The molecule has 1 N–H and O–H groups in total. The van der Waals surface area contributed by atoms with Gasteiger partial charge in [0.05, 0.1) is 18.7 Å². The Balaban J connectivity index is 1.91. The summed E-state index contributed by atoms with van der Waals surface area (Å²) in [5.74, 6) is -1.37. The maximum Gasteiger partial charge on any atom is 0.435 e. The molecule has 1 amide bonds. The Kier molecular flexibility index (Phi) is 6.14. The molecule has 28 heavy (non-hydrogen) atoms. The lowest BCUT2D eigenvalue weighted by Gasteiger charge is -2.11. The Morgan fingerprint density at radius 1 is 1.29 bits per heavy atom. The lowest BCUT2D eigenvalue weighted by molar-refractivity contribution is -0.143. The zero-order chi connectivity index (χ0) is 21.1. The fourth-order valence-electron chi connectivity index (χ4n) is 2.17. The molecule has 0 fully saturated rings. The number of aromatic nitrogens is 4. The Bertz CT molecular complexity index is 850. The number of carbonyl (C=O) groups is 1. The predicted octanol–water partition coefficient (Wildman–Crippen LogP) is 2.76. The number of nitrogens with zero attached hydrogens (tertiary/aromatic N) is 5. The standard InChI is InChI=1S/C15H16F6N6O/c1-9(7-27-10(2)5-12(25-27)15(19,20)21)13(28)23-22-6-11-3-4-26(24-11)8-14(16,17)18/h3-6,9H,7-8H2,1-2H3,(H,23,28)/b22-6+. The van der Waals surface area contributed by atoms with Gasteiger partial charge < -0.3 is 0 Å². The predicted molar refractivity (Wildman–Crippen MR) is 85.1 cm³/mol. The van der Waals surface area contributed by atoms with Crippen molar-refractivity contribution in [3.05, 3.63) is 35.4 Å².